The Kier molecular flexibility index (Phi) is 5.29. The molecule has 8 heteroatoms. The molecule has 120 valence electrons. The number of nitro benzene ring substituents is 1. The molecular formula is C14H19N3O5. The summed E-state index contributed by atoms with van der Waals surface area (Å²) in [5.74, 6) is -0.540. The molecule has 1 aromatic rings. The van der Waals surface area contributed by atoms with E-state index in [1.54, 1.807) is 6.07 Å². The van der Waals surface area contributed by atoms with Crippen molar-refractivity contribution in [3.8, 4) is 5.75 Å². The van der Waals surface area contributed by atoms with E-state index in [1.165, 1.54) is 19.2 Å². The normalized spacial score (nSPS) is 18.2. The van der Waals surface area contributed by atoms with Gasteiger partial charge in [-0.3, -0.25) is 15.0 Å². The fourth-order valence-corrected chi connectivity index (χ4v) is 2.39. The third kappa shape index (κ3) is 4.15. The van der Waals surface area contributed by atoms with Crippen LogP contribution in [-0.4, -0.2) is 48.6 Å². The van der Waals surface area contributed by atoms with E-state index >= 15 is 0 Å². The molecular weight excluding hydrogens is 290 g/mol. The minimum Gasteiger partial charge on any atom is -0.475 e. The molecule has 1 saturated heterocycles. The lowest BCUT2D eigenvalue weighted by Crippen LogP contribution is -2.26. The standard InChI is InChI=1S/C14H19N3O5/c1-21-14(18)9-22-13-3-2-10(6-12(13)17(19)20)7-16-5-4-11(15)8-16/h2-3,6,11H,4-5,7-9,15H2,1H3. The van der Waals surface area contributed by atoms with Crippen molar-refractivity contribution >= 4 is 11.7 Å². The van der Waals surface area contributed by atoms with Gasteiger partial charge in [0.1, 0.15) is 0 Å². The van der Waals surface area contributed by atoms with E-state index < -0.39 is 10.9 Å². The second-order valence-electron chi connectivity index (χ2n) is 5.21. The van der Waals surface area contributed by atoms with Crippen molar-refractivity contribution in [2.75, 3.05) is 26.8 Å². The minimum absolute atomic E-state index is 0.0530. The van der Waals surface area contributed by atoms with E-state index in [4.69, 9.17) is 10.5 Å². The molecule has 0 radical (unpaired) electrons. The van der Waals surface area contributed by atoms with Crippen LogP contribution in [0.3, 0.4) is 0 Å². The molecule has 0 aliphatic carbocycles. The smallest absolute Gasteiger partial charge is 0.343 e. The third-order valence-corrected chi connectivity index (χ3v) is 3.51. The lowest BCUT2D eigenvalue weighted by atomic mass is 10.1. The second kappa shape index (κ2) is 7.19. The van der Waals surface area contributed by atoms with Gasteiger partial charge in [0.15, 0.2) is 12.4 Å². The van der Waals surface area contributed by atoms with E-state index in [9.17, 15) is 14.9 Å². The summed E-state index contributed by atoms with van der Waals surface area (Å²) in [4.78, 5) is 23.8. The summed E-state index contributed by atoms with van der Waals surface area (Å²) in [5.41, 5.74) is 6.50. The number of ether oxygens (including phenoxy) is 2. The van der Waals surface area contributed by atoms with Gasteiger partial charge < -0.3 is 15.2 Å². The van der Waals surface area contributed by atoms with Crippen molar-refractivity contribution in [3.63, 3.8) is 0 Å². The van der Waals surface area contributed by atoms with Crippen LogP contribution < -0.4 is 10.5 Å². The Balaban J connectivity index is 2.09. The Bertz CT molecular complexity index is 563. The predicted molar refractivity (Wildman–Crippen MR) is 78.5 cm³/mol. The van der Waals surface area contributed by atoms with Crippen molar-refractivity contribution in [2.24, 2.45) is 5.73 Å². The highest BCUT2D eigenvalue weighted by Gasteiger charge is 2.21. The van der Waals surface area contributed by atoms with E-state index in [0.29, 0.717) is 6.54 Å². The van der Waals surface area contributed by atoms with Crippen LogP contribution in [0, 0.1) is 10.1 Å². The third-order valence-electron chi connectivity index (χ3n) is 3.51. The lowest BCUT2D eigenvalue weighted by molar-refractivity contribution is -0.385. The van der Waals surface area contributed by atoms with E-state index in [2.05, 4.69) is 9.64 Å². The van der Waals surface area contributed by atoms with Crippen molar-refractivity contribution < 1.29 is 19.2 Å². The van der Waals surface area contributed by atoms with E-state index in [1.807, 2.05) is 0 Å². The first-order chi connectivity index (χ1) is 10.5. The minimum atomic E-state index is -0.593. The number of benzene rings is 1. The number of hydrogen-bond donors (Lipinski definition) is 1. The number of carbonyl (C=O) groups excluding carboxylic acids is 1. The summed E-state index contributed by atoms with van der Waals surface area (Å²) in [6.07, 6.45) is 0.933. The van der Waals surface area contributed by atoms with Gasteiger partial charge in [0.2, 0.25) is 0 Å². The number of esters is 1. The van der Waals surface area contributed by atoms with E-state index in [-0.39, 0.29) is 24.1 Å². The van der Waals surface area contributed by atoms with Gasteiger partial charge in [-0.05, 0) is 18.1 Å². The van der Waals surface area contributed by atoms with Crippen LogP contribution in [0.25, 0.3) is 0 Å². The van der Waals surface area contributed by atoms with Gasteiger partial charge in [0.05, 0.1) is 12.0 Å². The fraction of sp³-hybridized carbons (Fsp3) is 0.500. The number of nitrogens with two attached hydrogens (primary N) is 1. The molecule has 0 bridgehead atoms. The first-order valence-electron chi connectivity index (χ1n) is 6.94. The Morgan fingerprint density at radius 2 is 2.32 bits per heavy atom. The number of methoxy groups -OCH3 is 1. The molecule has 2 rings (SSSR count). The average molecular weight is 309 g/mol. The molecule has 1 aromatic carbocycles. The summed E-state index contributed by atoms with van der Waals surface area (Å²) < 4.78 is 9.59. The Morgan fingerprint density at radius 1 is 1.55 bits per heavy atom. The topological polar surface area (TPSA) is 108 Å². The molecule has 1 atom stereocenters. The predicted octanol–water partition coefficient (Wildman–Crippen LogP) is 0.680. The number of carbonyl (C=O) groups is 1. The lowest BCUT2D eigenvalue weighted by Gasteiger charge is -2.15. The summed E-state index contributed by atoms with van der Waals surface area (Å²) in [5, 5.41) is 11.2. The van der Waals surface area contributed by atoms with E-state index in [0.717, 1.165) is 25.1 Å². The molecule has 2 N–H and O–H groups in total. The van der Waals surface area contributed by atoms with Crippen LogP contribution in [0.2, 0.25) is 0 Å². The maximum Gasteiger partial charge on any atom is 0.343 e. The number of rotatable bonds is 6. The van der Waals surface area contributed by atoms with Gasteiger partial charge in [-0.1, -0.05) is 6.07 Å². The number of likely N-dealkylation sites (tertiary alicyclic amines) is 1. The van der Waals surface area contributed by atoms with Crippen LogP contribution in [0.4, 0.5) is 5.69 Å². The maximum absolute atomic E-state index is 11.2. The van der Waals surface area contributed by atoms with Gasteiger partial charge in [-0.25, -0.2) is 4.79 Å². The van der Waals surface area contributed by atoms with Crippen LogP contribution in [0.1, 0.15) is 12.0 Å². The number of nitrogens with zero attached hydrogens (tertiary/aromatic N) is 2. The summed E-state index contributed by atoms with van der Waals surface area (Å²) >= 11 is 0. The molecule has 1 unspecified atom stereocenters. The van der Waals surface area contributed by atoms with Gasteiger partial charge in [0, 0.05) is 31.7 Å². The molecule has 8 nitrogen and oxygen atoms in total. The first-order valence-corrected chi connectivity index (χ1v) is 6.94. The monoisotopic (exact) mass is 309 g/mol. The quantitative estimate of drug-likeness (QED) is 0.467. The Labute approximate surface area is 127 Å². The fourth-order valence-electron chi connectivity index (χ4n) is 2.39. The van der Waals surface area contributed by atoms with Crippen LogP contribution >= 0.6 is 0 Å². The maximum atomic E-state index is 11.2. The van der Waals surface area contributed by atoms with Gasteiger partial charge in [0.25, 0.3) is 0 Å². The zero-order valence-corrected chi connectivity index (χ0v) is 12.4. The molecule has 0 spiro atoms. The highest BCUT2D eigenvalue weighted by molar-refractivity contribution is 5.71. The molecule has 0 aromatic heterocycles. The summed E-state index contributed by atoms with van der Waals surface area (Å²) in [7, 11) is 1.23. The highest BCUT2D eigenvalue weighted by atomic mass is 16.6. The SMILES string of the molecule is COC(=O)COc1ccc(CN2CCC(N)C2)cc1[N+](=O)[O-]. The Morgan fingerprint density at radius 3 is 2.91 bits per heavy atom. The van der Waals surface area contributed by atoms with Gasteiger partial charge in [-0.2, -0.15) is 0 Å². The number of hydrogen-bond acceptors (Lipinski definition) is 7. The molecule has 0 saturated carbocycles. The van der Waals surface area contributed by atoms with Crippen LogP contribution in [0.15, 0.2) is 18.2 Å². The number of nitro groups is 1. The van der Waals surface area contributed by atoms with Crippen LogP contribution in [-0.2, 0) is 16.1 Å². The largest absolute Gasteiger partial charge is 0.475 e. The summed E-state index contributed by atoms with van der Waals surface area (Å²) in [6, 6.07) is 4.89. The Hall–Kier alpha value is -2.19. The molecule has 1 fully saturated rings. The zero-order valence-electron chi connectivity index (χ0n) is 12.4. The molecule has 22 heavy (non-hydrogen) atoms. The van der Waals surface area contributed by atoms with Gasteiger partial charge >= 0.3 is 11.7 Å². The zero-order chi connectivity index (χ0) is 16.1. The molecule has 1 aliphatic rings. The highest BCUT2D eigenvalue weighted by Crippen LogP contribution is 2.29. The van der Waals surface area contributed by atoms with Gasteiger partial charge in [-0.15, -0.1) is 0 Å². The van der Waals surface area contributed by atoms with Crippen LogP contribution in [0.5, 0.6) is 5.75 Å². The summed E-state index contributed by atoms with van der Waals surface area (Å²) in [6.45, 7) is 1.91. The van der Waals surface area contributed by atoms with Crippen molar-refractivity contribution in [1.82, 2.24) is 4.90 Å². The molecule has 1 aliphatic heterocycles. The second-order valence-corrected chi connectivity index (χ2v) is 5.21. The molecule has 1 heterocycles. The van der Waals surface area contributed by atoms with Crippen molar-refractivity contribution in [1.29, 1.82) is 0 Å². The molecule has 0 amide bonds. The van der Waals surface area contributed by atoms with Crippen molar-refractivity contribution in [3.05, 3.63) is 33.9 Å². The average Bonchev–Trinajstić information content (AvgIpc) is 2.90. The van der Waals surface area contributed by atoms with Crippen molar-refractivity contribution in [2.45, 2.75) is 19.0 Å². The first kappa shape index (κ1) is 16.2.